The second kappa shape index (κ2) is 12.7. The van der Waals surface area contributed by atoms with Crippen molar-refractivity contribution in [1.29, 1.82) is 0 Å². The van der Waals surface area contributed by atoms with Crippen LogP contribution in [0.15, 0.2) is 35.5 Å². The summed E-state index contributed by atoms with van der Waals surface area (Å²) in [5.41, 5.74) is 4.98. The molecule has 0 N–H and O–H groups in total. The highest BCUT2D eigenvalue weighted by Crippen LogP contribution is 2.60. The topological polar surface area (TPSA) is 18.5 Å². The SMILES string of the molecule is C=C1CC[C@H](O[Si](C)(C)C(C)(C)C)C/C1=C/C=C1\CCC[C@@]2(C)[C@@H]1CC[C@@H]2[C@H](C)CCCC(C)(C)O[Si](C)(C)C. The van der Waals surface area contributed by atoms with Gasteiger partial charge in [0, 0.05) is 6.10 Å². The zero-order valence-electron chi connectivity index (χ0n) is 28.8. The van der Waals surface area contributed by atoms with Crippen LogP contribution in [0.3, 0.4) is 0 Å². The molecule has 0 aromatic rings. The third-order valence-electron chi connectivity index (χ3n) is 11.2. The van der Waals surface area contributed by atoms with E-state index in [1.807, 2.05) is 0 Å². The van der Waals surface area contributed by atoms with Crippen molar-refractivity contribution >= 4 is 16.6 Å². The van der Waals surface area contributed by atoms with Crippen LogP contribution in [0.2, 0.25) is 37.8 Å². The molecule has 40 heavy (non-hydrogen) atoms. The van der Waals surface area contributed by atoms with E-state index in [4.69, 9.17) is 8.85 Å². The monoisotopic (exact) mass is 586 g/mol. The second-order valence-electron chi connectivity index (χ2n) is 17.2. The molecule has 0 bridgehead atoms. The van der Waals surface area contributed by atoms with E-state index in [0.717, 1.165) is 37.0 Å². The molecule has 2 nitrogen and oxygen atoms in total. The molecule has 0 spiro atoms. The Kier molecular flexibility index (Phi) is 10.8. The van der Waals surface area contributed by atoms with Crippen LogP contribution in [-0.2, 0) is 8.85 Å². The summed E-state index contributed by atoms with van der Waals surface area (Å²) in [6, 6.07) is 0. The van der Waals surface area contributed by atoms with E-state index in [0.29, 0.717) is 11.5 Å². The molecule has 230 valence electrons. The zero-order valence-corrected chi connectivity index (χ0v) is 30.8. The third-order valence-corrected chi connectivity index (χ3v) is 16.9. The van der Waals surface area contributed by atoms with Crippen LogP contribution in [0.25, 0.3) is 0 Å². The van der Waals surface area contributed by atoms with Gasteiger partial charge in [-0.1, -0.05) is 77.3 Å². The van der Waals surface area contributed by atoms with Crippen LogP contribution in [0, 0.1) is 23.2 Å². The van der Waals surface area contributed by atoms with Gasteiger partial charge >= 0.3 is 0 Å². The van der Waals surface area contributed by atoms with Crippen molar-refractivity contribution in [3.8, 4) is 0 Å². The predicted molar refractivity (Wildman–Crippen MR) is 181 cm³/mol. The van der Waals surface area contributed by atoms with Gasteiger partial charge in [-0.3, -0.25) is 0 Å². The lowest BCUT2D eigenvalue weighted by Gasteiger charge is -2.44. The van der Waals surface area contributed by atoms with Gasteiger partial charge in [-0.15, -0.1) is 0 Å². The molecular weight excluding hydrogens is 521 g/mol. The summed E-state index contributed by atoms with van der Waals surface area (Å²) < 4.78 is 13.3. The van der Waals surface area contributed by atoms with E-state index < -0.39 is 16.6 Å². The van der Waals surface area contributed by atoms with E-state index in [9.17, 15) is 0 Å². The predicted octanol–water partition coefficient (Wildman–Crippen LogP) is 11.6. The number of allylic oxidation sites excluding steroid dienone is 4. The first-order chi connectivity index (χ1) is 18.2. The summed E-state index contributed by atoms with van der Waals surface area (Å²) in [6.07, 6.45) is 19.2. The smallest absolute Gasteiger partial charge is 0.192 e. The normalized spacial score (nSPS) is 31.6. The molecular formula is C36H66O2Si2. The van der Waals surface area contributed by atoms with Gasteiger partial charge in [-0.25, -0.2) is 0 Å². The Hall–Kier alpha value is -0.426. The van der Waals surface area contributed by atoms with E-state index >= 15 is 0 Å². The van der Waals surface area contributed by atoms with Crippen LogP contribution in [0.4, 0.5) is 0 Å². The molecule has 3 saturated carbocycles. The first-order valence-corrected chi connectivity index (χ1v) is 23.0. The Bertz CT molecular complexity index is 945. The average Bonchev–Trinajstić information content (AvgIpc) is 3.14. The van der Waals surface area contributed by atoms with Gasteiger partial charge in [-0.2, -0.15) is 0 Å². The van der Waals surface area contributed by atoms with Crippen LogP contribution < -0.4 is 0 Å². The zero-order chi connectivity index (χ0) is 30.1. The van der Waals surface area contributed by atoms with E-state index in [2.05, 4.69) is 99.9 Å². The highest BCUT2D eigenvalue weighted by Gasteiger charge is 2.50. The number of hydrogen-bond donors (Lipinski definition) is 0. The molecule has 3 fully saturated rings. The van der Waals surface area contributed by atoms with Crippen molar-refractivity contribution in [2.24, 2.45) is 23.2 Å². The van der Waals surface area contributed by atoms with Crippen molar-refractivity contribution in [1.82, 2.24) is 0 Å². The summed E-state index contributed by atoms with van der Waals surface area (Å²) in [5.74, 6) is 2.40. The van der Waals surface area contributed by atoms with Crippen molar-refractivity contribution < 1.29 is 8.85 Å². The average molecular weight is 587 g/mol. The van der Waals surface area contributed by atoms with Gasteiger partial charge in [0.15, 0.2) is 16.6 Å². The maximum Gasteiger partial charge on any atom is 0.192 e. The van der Waals surface area contributed by atoms with Crippen LogP contribution >= 0.6 is 0 Å². The molecule has 3 rings (SSSR count). The van der Waals surface area contributed by atoms with E-state index in [1.54, 1.807) is 5.57 Å². The standard InChI is InChI=1S/C36H66O2Si2/c1-27-18-21-31(37-40(12,13)34(3,4)5)26-30(27)20-19-29-17-15-25-36(8)32(22-23-33(29)36)28(2)16-14-24-35(6,7)38-39(9,10)11/h19-20,28,31-33H,1,14-18,21-26H2,2-13H3/b29-19+,30-20-/t28-,31+,32-,33-,36-/m1/s1. The lowest BCUT2D eigenvalue weighted by atomic mass is 9.60. The fourth-order valence-corrected chi connectivity index (χ4v) is 11.4. The quantitative estimate of drug-likeness (QED) is 0.237. The first kappa shape index (κ1) is 34.1. The Balaban J connectivity index is 1.65. The summed E-state index contributed by atoms with van der Waals surface area (Å²) >= 11 is 0. The number of fused-ring (bicyclic) bond motifs is 1. The summed E-state index contributed by atoms with van der Waals surface area (Å²) in [7, 11) is -3.26. The van der Waals surface area contributed by atoms with Crippen LogP contribution in [0.1, 0.15) is 119 Å². The minimum absolute atomic E-state index is 0.0123. The molecule has 3 aliphatic rings. The van der Waals surface area contributed by atoms with Gasteiger partial charge in [0.2, 0.25) is 0 Å². The van der Waals surface area contributed by atoms with Gasteiger partial charge < -0.3 is 8.85 Å². The molecule has 0 aromatic heterocycles. The molecule has 0 heterocycles. The fourth-order valence-electron chi connectivity index (χ4n) is 8.22. The van der Waals surface area contributed by atoms with Crippen LogP contribution in [-0.4, -0.2) is 28.3 Å². The Morgan fingerprint density at radius 1 is 1.00 bits per heavy atom. The van der Waals surface area contributed by atoms with E-state index in [-0.39, 0.29) is 10.6 Å². The minimum atomic E-state index is -1.75. The van der Waals surface area contributed by atoms with Gasteiger partial charge in [0.05, 0.1) is 5.60 Å². The van der Waals surface area contributed by atoms with Crippen molar-refractivity contribution in [3.63, 3.8) is 0 Å². The van der Waals surface area contributed by atoms with Crippen LogP contribution in [0.5, 0.6) is 0 Å². The van der Waals surface area contributed by atoms with Gasteiger partial charge in [-0.05, 0) is 138 Å². The fraction of sp³-hybridized carbons (Fsp3) is 0.833. The maximum atomic E-state index is 6.85. The largest absolute Gasteiger partial charge is 0.414 e. The Morgan fingerprint density at radius 3 is 2.30 bits per heavy atom. The highest BCUT2D eigenvalue weighted by atomic mass is 28.4. The molecule has 3 aliphatic carbocycles. The lowest BCUT2D eigenvalue weighted by molar-refractivity contribution is 0.0735. The van der Waals surface area contributed by atoms with Crippen molar-refractivity contribution in [3.05, 3.63) is 35.5 Å². The molecule has 0 radical (unpaired) electrons. The summed E-state index contributed by atoms with van der Waals surface area (Å²) in [5, 5.41) is 0.258. The van der Waals surface area contributed by atoms with Crippen molar-refractivity contribution in [2.45, 2.75) is 169 Å². The third kappa shape index (κ3) is 8.57. The molecule has 0 aromatic carbocycles. The minimum Gasteiger partial charge on any atom is -0.414 e. The summed E-state index contributed by atoms with van der Waals surface area (Å²) in [4.78, 5) is 0. The maximum absolute atomic E-state index is 6.85. The number of hydrogen-bond acceptors (Lipinski definition) is 2. The highest BCUT2D eigenvalue weighted by molar-refractivity contribution is 6.74. The van der Waals surface area contributed by atoms with Gasteiger partial charge in [0.1, 0.15) is 0 Å². The van der Waals surface area contributed by atoms with E-state index in [1.165, 1.54) is 62.5 Å². The molecule has 0 aliphatic heterocycles. The molecule has 0 saturated heterocycles. The lowest BCUT2D eigenvalue weighted by Crippen LogP contribution is -2.44. The summed E-state index contributed by atoms with van der Waals surface area (Å²) in [6.45, 7) is 33.0. The van der Waals surface area contributed by atoms with Crippen molar-refractivity contribution in [2.75, 3.05) is 0 Å². The molecule has 5 atom stereocenters. The first-order valence-electron chi connectivity index (χ1n) is 16.7. The molecule has 0 amide bonds. The second-order valence-corrected chi connectivity index (χ2v) is 26.4. The number of rotatable bonds is 10. The molecule has 0 unspecified atom stereocenters. The molecule has 4 heteroatoms. The van der Waals surface area contributed by atoms with Gasteiger partial charge in [0.25, 0.3) is 0 Å². The Morgan fingerprint density at radius 2 is 1.68 bits per heavy atom. The Labute approximate surface area is 252 Å².